The normalized spacial score (nSPS) is 21.9. The SMILES string of the molecule is CC(C)C1CCN(C(C)CC(=N)N)CC1. The second kappa shape index (κ2) is 5.50. The number of hydrogen-bond acceptors (Lipinski definition) is 2. The fourth-order valence-corrected chi connectivity index (χ4v) is 2.47. The van der Waals surface area contributed by atoms with E-state index in [-0.39, 0.29) is 0 Å². The lowest BCUT2D eigenvalue weighted by molar-refractivity contribution is 0.124. The molecule has 0 spiro atoms. The summed E-state index contributed by atoms with van der Waals surface area (Å²) < 4.78 is 0. The summed E-state index contributed by atoms with van der Waals surface area (Å²) in [5, 5.41) is 7.30. The van der Waals surface area contributed by atoms with E-state index in [1.165, 1.54) is 25.9 Å². The van der Waals surface area contributed by atoms with Gasteiger partial charge in [-0.1, -0.05) is 13.8 Å². The van der Waals surface area contributed by atoms with Crippen LogP contribution in [0.15, 0.2) is 0 Å². The maximum absolute atomic E-state index is 7.30. The van der Waals surface area contributed by atoms with Gasteiger partial charge in [-0.25, -0.2) is 0 Å². The Bertz CT molecular complexity index is 205. The molecule has 3 nitrogen and oxygen atoms in total. The zero-order chi connectivity index (χ0) is 11.4. The summed E-state index contributed by atoms with van der Waals surface area (Å²) in [4.78, 5) is 2.47. The Morgan fingerprint density at radius 1 is 1.33 bits per heavy atom. The molecule has 1 rings (SSSR count). The van der Waals surface area contributed by atoms with Gasteiger partial charge in [0.05, 0.1) is 5.84 Å². The van der Waals surface area contributed by atoms with E-state index < -0.39 is 0 Å². The standard InChI is InChI=1S/C12H25N3/c1-9(2)11-4-6-15(7-5-11)10(3)8-12(13)14/h9-11H,4-8H2,1-3H3,(H3,13,14). The average molecular weight is 211 g/mol. The van der Waals surface area contributed by atoms with Crippen LogP contribution in [0.5, 0.6) is 0 Å². The molecule has 1 fully saturated rings. The summed E-state index contributed by atoms with van der Waals surface area (Å²) in [7, 11) is 0. The van der Waals surface area contributed by atoms with Gasteiger partial charge in [-0.15, -0.1) is 0 Å². The zero-order valence-corrected chi connectivity index (χ0v) is 10.3. The monoisotopic (exact) mass is 211 g/mol. The maximum atomic E-state index is 7.30. The van der Waals surface area contributed by atoms with Crippen LogP contribution in [0.1, 0.15) is 40.0 Å². The number of nitrogens with two attached hydrogens (primary N) is 1. The Morgan fingerprint density at radius 2 is 1.87 bits per heavy atom. The highest BCUT2D eigenvalue weighted by Gasteiger charge is 2.24. The molecule has 0 amide bonds. The lowest BCUT2D eigenvalue weighted by Gasteiger charge is -2.37. The molecule has 1 heterocycles. The molecule has 0 saturated carbocycles. The number of piperidine rings is 1. The molecule has 0 radical (unpaired) electrons. The van der Waals surface area contributed by atoms with Crippen molar-refractivity contribution in [2.45, 2.75) is 46.1 Å². The third kappa shape index (κ3) is 3.82. The minimum Gasteiger partial charge on any atom is -0.388 e. The van der Waals surface area contributed by atoms with Crippen LogP contribution >= 0.6 is 0 Å². The zero-order valence-electron chi connectivity index (χ0n) is 10.3. The van der Waals surface area contributed by atoms with Crippen LogP contribution < -0.4 is 5.73 Å². The summed E-state index contributed by atoms with van der Waals surface area (Å²) in [6.45, 7) is 9.17. The van der Waals surface area contributed by atoms with Gasteiger partial charge in [0.25, 0.3) is 0 Å². The number of likely N-dealkylation sites (tertiary alicyclic amines) is 1. The summed E-state index contributed by atoms with van der Waals surface area (Å²) in [6.07, 6.45) is 3.33. The second-order valence-corrected chi connectivity index (χ2v) is 5.20. The smallest absolute Gasteiger partial charge is 0.0920 e. The Balaban J connectivity index is 2.33. The van der Waals surface area contributed by atoms with Crippen LogP contribution in [0.2, 0.25) is 0 Å². The van der Waals surface area contributed by atoms with E-state index in [1.807, 2.05) is 0 Å². The van der Waals surface area contributed by atoms with Crippen LogP contribution in [-0.4, -0.2) is 29.9 Å². The highest BCUT2D eigenvalue weighted by Crippen LogP contribution is 2.25. The molecular formula is C12H25N3. The van der Waals surface area contributed by atoms with E-state index in [1.54, 1.807) is 0 Å². The van der Waals surface area contributed by atoms with E-state index in [0.29, 0.717) is 18.3 Å². The highest BCUT2D eigenvalue weighted by molar-refractivity contribution is 5.77. The number of nitrogens with one attached hydrogen (secondary N) is 1. The first kappa shape index (κ1) is 12.5. The molecule has 0 aliphatic carbocycles. The molecule has 1 atom stereocenters. The molecule has 3 N–H and O–H groups in total. The molecule has 1 unspecified atom stereocenters. The molecule has 15 heavy (non-hydrogen) atoms. The minimum absolute atomic E-state index is 0.313. The topological polar surface area (TPSA) is 53.1 Å². The molecule has 0 aromatic heterocycles. The molecule has 0 aromatic carbocycles. The van der Waals surface area contributed by atoms with Gasteiger partial charge in [0.1, 0.15) is 0 Å². The van der Waals surface area contributed by atoms with Crippen molar-refractivity contribution >= 4 is 5.84 Å². The van der Waals surface area contributed by atoms with Gasteiger partial charge in [0, 0.05) is 12.5 Å². The van der Waals surface area contributed by atoms with Crippen molar-refractivity contribution in [1.29, 1.82) is 5.41 Å². The van der Waals surface area contributed by atoms with E-state index in [2.05, 4.69) is 25.7 Å². The van der Waals surface area contributed by atoms with E-state index in [4.69, 9.17) is 11.1 Å². The Labute approximate surface area is 93.5 Å². The van der Waals surface area contributed by atoms with Gasteiger partial charge in [0.2, 0.25) is 0 Å². The van der Waals surface area contributed by atoms with Gasteiger partial charge in [-0.3, -0.25) is 5.41 Å². The van der Waals surface area contributed by atoms with Crippen molar-refractivity contribution in [3.05, 3.63) is 0 Å². The molecule has 3 heteroatoms. The van der Waals surface area contributed by atoms with E-state index >= 15 is 0 Å². The van der Waals surface area contributed by atoms with Crippen LogP contribution in [0.3, 0.4) is 0 Å². The van der Waals surface area contributed by atoms with Crippen LogP contribution in [0.25, 0.3) is 0 Å². The Hall–Kier alpha value is -0.570. The fourth-order valence-electron chi connectivity index (χ4n) is 2.47. The van der Waals surface area contributed by atoms with E-state index in [9.17, 15) is 0 Å². The largest absolute Gasteiger partial charge is 0.388 e. The third-order valence-corrected chi connectivity index (χ3v) is 3.66. The molecular weight excluding hydrogens is 186 g/mol. The van der Waals surface area contributed by atoms with Gasteiger partial charge < -0.3 is 10.6 Å². The summed E-state index contributed by atoms with van der Waals surface area (Å²) >= 11 is 0. The van der Waals surface area contributed by atoms with Crippen molar-refractivity contribution in [2.24, 2.45) is 17.6 Å². The number of rotatable bonds is 4. The lowest BCUT2D eigenvalue weighted by atomic mass is 9.86. The lowest BCUT2D eigenvalue weighted by Crippen LogP contribution is -2.42. The van der Waals surface area contributed by atoms with Gasteiger partial charge >= 0.3 is 0 Å². The van der Waals surface area contributed by atoms with Crippen molar-refractivity contribution < 1.29 is 0 Å². The molecule has 0 bridgehead atoms. The van der Waals surface area contributed by atoms with Gasteiger partial charge in [-0.05, 0) is 44.7 Å². The summed E-state index contributed by atoms with van der Waals surface area (Å²) in [6, 6.07) is 0.440. The number of nitrogens with zero attached hydrogens (tertiary/aromatic N) is 1. The molecule has 1 aliphatic rings. The number of amidine groups is 1. The van der Waals surface area contributed by atoms with E-state index in [0.717, 1.165) is 11.8 Å². The average Bonchev–Trinajstić information content (AvgIpc) is 2.17. The molecule has 0 aromatic rings. The Kier molecular flexibility index (Phi) is 4.58. The molecule has 1 aliphatic heterocycles. The first-order chi connectivity index (χ1) is 7.00. The first-order valence-corrected chi connectivity index (χ1v) is 6.07. The maximum Gasteiger partial charge on any atom is 0.0920 e. The Morgan fingerprint density at radius 3 is 2.27 bits per heavy atom. The summed E-state index contributed by atoms with van der Waals surface area (Å²) in [5.74, 6) is 2.02. The third-order valence-electron chi connectivity index (χ3n) is 3.66. The van der Waals surface area contributed by atoms with Gasteiger partial charge in [0.15, 0.2) is 0 Å². The molecule has 1 saturated heterocycles. The van der Waals surface area contributed by atoms with Crippen molar-refractivity contribution in [3.63, 3.8) is 0 Å². The fraction of sp³-hybridized carbons (Fsp3) is 0.917. The van der Waals surface area contributed by atoms with Crippen LogP contribution in [-0.2, 0) is 0 Å². The van der Waals surface area contributed by atoms with Crippen LogP contribution in [0, 0.1) is 17.2 Å². The summed E-state index contributed by atoms with van der Waals surface area (Å²) in [5.41, 5.74) is 5.43. The van der Waals surface area contributed by atoms with Crippen molar-refractivity contribution in [3.8, 4) is 0 Å². The van der Waals surface area contributed by atoms with Crippen molar-refractivity contribution in [1.82, 2.24) is 4.90 Å². The predicted molar refractivity (Wildman–Crippen MR) is 65.1 cm³/mol. The number of hydrogen-bond donors (Lipinski definition) is 2. The first-order valence-electron chi connectivity index (χ1n) is 6.07. The highest BCUT2D eigenvalue weighted by atomic mass is 15.2. The second-order valence-electron chi connectivity index (χ2n) is 5.20. The quantitative estimate of drug-likeness (QED) is 0.552. The predicted octanol–water partition coefficient (Wildman–Crippen LogP) is 2.07. The van der Waals surface area contributed by atoms with Gasteiger partial charge in [-0.2, -0.15) is 0 Å². The van der Waals surface area contributed by atoms with Crippen LogP contribution in [0.4, 0.5) is 0 Å². The molecule has 88 valence electrons. The van der Waals surface area contributed by atoms with Crippen molar-refractivity contribution in [2.75, 3.05) is 13.1 Å². The minimum atomic E-state index is 0.313.